The first-order valence-corrected chi connectivity index (χ1v) is 7.95. The first-order valence-electron chi connectivity index (χ1n) is 7.01. The Bertz CT molecular complexity index is 748. The number of benzene rings is 1. The predicted octanol–water partition coefficient (Wildman–Crippen LogP) is 4.18. The van der Waals surface area contributed by atoms with Crippen molar-refractivity contribution in [2.45, 2.75) is 13.3 Å². The number of nitrogens with zero attached hydrogens (tertiary/aromatic N) is 1. The fraction of sp³-hybridized carbons (Fsp3) is 0.176. The minimum absolute atomic E-state index is 0.107. The van der Waals surface area contributed by atoms with E-state index in [2.05, 4.69) is 4.98 Å². The minimum Gasteiger partial charge on any atom is -0.466 e. The maximum absolute atomic E-state index is 11.8. The van der Waals surface area contributed by atoms with Crippen LogP contribution >= 0.6 is 11.3 Å². The summed E-state index contributed by atoms with van der Waals surface area (Å²) in [5.74, 6) is 0.848. The third kappa shape index (κ3) is 3.09. The molecule has 0 aliphatic carbocycles. The second-order valence-corrected chi connectivity index (χ2v) is 5.43. The Labute approximate surface area is 132 Å². The van der Waals surface area contributed by atoms with Crippen molar-refractivity contribution >= 4 is 17.3 Å². The van der Waals surface area contributed by atoms with Crippen molar-refractivity contribution in [3.8, 4) is 22.8 Å². The van der Waals surface area contributed by atoms with E-state index in [-0.39, 0.29) is 12.4 Å². The first-order chi connectivity index (χ1) is 10.8. The van der Waals surface area contributed by atoms with Crippen molar-refractivity contribution in [2.24, 2.45) is 0 Å². The molecule has 0 aliphatic heterocycles. The number of rotatable bonds is 5. The van der Waals surface area contributed by atoms with Gasteiger partial charge in [-0.25, -0.2) is 4.98 Å². The molecule has 0 bridgehead atoms. The third-order valence-corrected chi connectivity index (χ3v) is 3.80. The van der Waals surface area contributed by atoms with E-state index in [4.69, 9.17) is 9.15 Å². The quantitative estimate of drug-likeness (QED) is 0.663. The summed E-state index contributed by atoms with van der Waals surface area (Å²) in [6.07, 6.45) is 0.107. The minimum atomic E-state index is -0.299. The number of hydrogen-bond donors (Lipinski definition) is 0. The summed E-state index contributed by atoms with van der Waals surface area (Å²) in [5.41, 5.74) is 2.42. The molecule has 1 aromatic carbocycles. The lowest BCUT2D eigenvalue weighted by Gasteiger charge is -2.00. The van der Waals surface area contributed by atoms with Gasteiger partial charge in [0.05, 0.1) is 18.7 Å². The smallest absolute Gasteiger partial charge is 0.312 e. The van der Waals surface area contributed by atoms with Crippen LogP contribution in [-0.2, 0) is 16.0 Å². The molecule has 3 rings (SSSR count). The van der Waals surface area contributed by atoms with Crippen LogP contribution in [0.15, 0.2) is 51.6 Å². The van der Waals surface area contributed by atoms with Crippen LogP contribution in [0.3, 0.4) is 0 Å². The van der Waals surface area contributed by atoms with Gasteiger partial charge in [0.2, 0.25) is 5.89 Å². The number of carbonyl (C=O) groups excluding carboxylic acids is 1. The average molecular weight is 313 g/mol. The fourth-order valence-corrected chi connectivity index (χ4v) is 2.78. The van der Waals surface area contributed by atoms with Gasteiger partial charge in [-0.3, -0.25) is 4.79 Å². The van der Waals surface area contributed by atoms with Gasteiger partial charge in [0.25, 0.3) is 0 Å². The molecular formula is C17H15NO3S. The zero-order valence-corrected chi connectivity index (χ0v) is 12.9. The first kappa shape index (κ1) is 14.5. The van der Waals surface area contributed by atoms with Gasteiger partial charge in [0.1, 0.15) is 0 Å². The Balaban J connectivity index is 1.99. The van der Waals surface area contributed by atoms with Gasteiger partial charge in [-0.05, 0) is 30.5 Å². The van der Waals surface area contributed by atoms with Gasteiger partial charge in [-0.15, -0.1) is 0 Å². The molecule has 0 aliphatic rings. The van der Waals surface area contributed by atoms with E-state index in [9.17, 15) is 4.79 Å². The molecule has 2 aromatic heterocycles. The Morgan fingerprint density at radius 2 is 2.05 bits per heavy atom. The van der Waals surface area contributed by atoms with Crippen molar-refractivity contribution in [1.29, 1.82) is 0 Å². The molecule has 4 nitrogen and oxygen atoms in total. The highest BCUT2D eigenvalue weighted by Crippen LogP contribution is 2.31. The summed E-state index contributed by atoms with van der Waals surface area (Å²) in [5, 5.41) is 3.94. The maximum Gasteiger partial charge on any atom is 0.312 e. The lowest BCUT2D eigenvalue weighted by atomic mass is 10.2. The van der Waals surface area contributed by atoms with Crippen LogP contribution < -0.4 is 0 Å². The van der Waals surface area contributed by atoms with Gasteiger partial charge in [0.15, 0.2) is 5.76 Å². The van der Waals surface area contributed by atoms with Gasteiger partial charge in [-0.2, -0.15) is 11.3 Å². The van der Waals surface area contributed by atoms with Gasteiger partial charge in [0, 0.05) is 16.5 Å². The Morgan fingerprint density at radius 3 is 2.73 bits per heavy atom. The number of aromatic nitrogens is 1. The summed E-state index contributed by atoms with van der Waals surface area (Å²) < 4.78 is 10.9. The van der Waals surface area contributed by atoms with Crippen molar-refractivity contribution in [2.75, 3.05) is 6.61 Å². The van der Waals surface area contributed by atoms with E-state index >= 15 is 0 Å². The van der Waals surface area contributed by atoms with Crippen molar-refractivity contribution in [3.63, 3.8) is 0 Å². The SMILES string of the molecule is CCOC(=O)Cc1nc(-c2ccccc2)oc1-c1ccsc1. The van der Waals surface area contributed by atoms with E-state index in [1.807, 2.05) is 47.2 Å². The number of ether oxygens (including phenoxy) is 1. The fourth-order valence-electron chi connectivity index (χ4n) is 2.14. The monoisotopic (exact) mass is 313 g/mol. The number of carbonyl (C=O) groups is 1. The topological polar surface area (TPSA) is 52.3 Å². The van der Waals surface area contributed by atoms with Crippen LogP contribution in [-0.4, -0.2) is 17.6 Å². The largest absolute Gasteiger partial charge is 0.466 e. The Kier molecular flexibility index (Phi) is 4.34. The Morgan fingerprint density at radius 1 is 1.23 bits per heavy atom. The van der Waals surface area contributed by atoms with Crippen LogP contribution in [0.5, 0.6) is 0 Å². The summed E-state index contributed by atoms with van der Waals surface area (Å²) in [6.45, 7) is 2.14. The zero-order valence-electron chi connectivity index (χ0n) is 12.1. The molecule has 0 amide bonds. The number of oxazole rings is 1. The van der Waals surface area contributed by atoms with Crippen LogP contribution in [0.4, 0.5) is 0 Å². The zero-order chi connectivity index (χ0) is 15.4. The van der Waals surface area contributed by atoms with Gasteiger partial charge in [-0.1, -0.05) is 18.2 Å². The number of hydrogen-bond acceptors (Lipinski definition) is 5. The second-order valence-electron chi connectivity index (χ2n) is 4.65. The number of esters is 1. The Hall–Kier alpha value is -2.40. The molecule has 3 aromatic rings. The average Bonchev–Trinajstić information content (AvgIpc) is 3.17. The highest BCUT2D eigenvalue weighted by Gasteiger charge is 2.19. The van der Waals surface area contributed by atoms with Crippen LogP contribution in [0.25, 0.3) is 22.8 Å². The van der Waals surface area contributed by atoms with E-state index in [0.29, 0.717) is 24.0 Å². The molecule has 0 fully saturated rings. The van der Waals surface area contributed by atoms with Crippen molar-refractivity contribution in [3.05, 3.63) is 52.9 Å². The standard InChI is InChI=1S/C17H15NO3S/c1-2-20-15(19)10-14-16(13-8-9-22-11-13)21-17(18-14)12-6-4-3-5-7-12/h3-9,11H,2,10H2,1H3. The molecule has 0 N–H and O–H groups in total. The second kappa shape index (κ2) is 6.58. The lowest BCUT2D eigenvalue weighted by molar-refractivity contribution is -0.142. The molecule has 5 heteroatoms. The van der Waals surface area contributed by atoms with Crippen LogP contribution in [0.1, 0.15) is 12.6 Å². The molecule has 0 radical (unpaired) electrons. The van der Waals surface area contributed by atoms with Crippen molar-refractivity contribution < 1.29 is 13.9 Å². The third-order valence-electron chi connectivity index (χ3n) is 3.12. The van der Waals surface area contributed by atoms with E-state index in [0.717, 1.165) is 11.1 Å². The summed E-state index contributed by atoms with van der Waals surface area (Å²) in [7, 11) is 0. The maximum atomic E-state index is 11.8. The highest BCUT2D eigenvalue weighted by atomic mass is 32.1. The molecule has 0 spiro atoms. The van der Waals surface area contributed by atoms with Crippen molar-refractivity contribution in [1.82, 2.24) is 4.98 Å². The molecule has 2 heterocycles. The van der Waals surface area contributed by atoms with Crippen LogP contribution in [0, 0.1) is 0 Å². The normalized spacial score (nSPS) is 10.6. The molecule has 0 atom stereocenters. The van der Waals surface area contributed by atoms with Crippen LogP contribution in [0.2, 0.25) is 0 Å². The summed E-state index contributed by atoms with van der Waals surface area (Å²) in [4.78, 5) is 16.3. The molecule has 112 valence electrons. The highest BCUT2D eigenvalue weighted by molar-refractivity contribution is 7.08. The van der Waals surface area contributed by atoms with E-state index < -0.39 is 0 Å². The lowest BCUT2D eigenvalue weighted by Crippen LogP contribution is -2.08. The molecule has 22 heavy (non-hydrogen) atoms. The van der Waals surface area contributed by atoms with E-state index in [1.54, 1.807) is 18.3 Å². The molecule has 0 saturated carbocycles. The van der Waals surface area contributed by atoms with Gasteiger partial charge < -0.3 is 9.15 Å². The number of thiophene rings is 1. The molecule has 0 unspecified atom stereocenters. The van der Waals surface area contributed by atoms with Gasteiger partial charge >= 0.3 is 5.97 Å². The summed E-state index contributed by atoms with van der Waals surface area (Å²) >= 11 is 1.57. The summed E-state index contributed by atoms with van der Waals surface area (Å²) in [6, 6.07) is 11.6. The predicted molar refractivity (Wildman–Crippen MR) is 85.6 cm³/mol. The van der Waals surface area contributed by atoms with E-state index in [1.165, 1.54) is 0 Å². The molecular weight excluding hydrogens is 298 g/mol. The molecule has 0 saturated heterocycles.